The number of hydrogen-bond acceptors (Lipinski definition) is 5. The van der Waals surface area contributed by atoms with E-state index in [1.54, 1.807) is 0 Å². The maximum Gasteiger partial charge on any atom is 0.237 e. The molecule has 5 N–H and O–H groups in total. The number of halogens is 4. The molecular formula is C27H29Cl2F2N3O4. The van der Waals surface area contributed by atoms with Crippen molar-refractivity contribution in [2.75, 3.05) is 18.5 Å². The number of aliphatic hydroxyl groups is 2. The van der Waals surface area contributed by atoms with Crippen LogP contribution in [-0.4, -0.2) is 53.4 Å². The van der Waals surface area contributed by atoms with Crippen molar-refractivity contribution >= 4 is 40.7 Å². The van der Waals surface area contributed by atoms with Gasteiger partial charge in [-0.25, -0.2) is 8.78 Å². The number of rotatable bonds is 7. The Morgan fingerprint density at radius 1 is 1.13 bits per heavy atom. The molecule has 5 rings (SSSR count). The monoisotopic (exact) mass is 567 g/mol. The Morgan fingerprint density at radius 2 is 1.84 bits per heavy atom. The number of benzene rings is 2. The van der Waals surface area contributed by atoms with Crippen LogP contribution in [0.1, 0.15) is 49.1 Å². The number of carbonyl (C=O) groups is 2. The molecule has 2 heterocycles. The second-order valence-electron chi connectivity index (χ2n) is 10.4. The summed E-state index contributed by atoms with van der Waals surface area (Å²) in [6.45, 7) is -0.351. The molecule has 1 saturated carbocycles. The molecule has 11 heteroatoms. The van der Waals surface area contributed by atoms with Crippen LogP contribution in [-0.2, 0) is 15.0 Å². The molecule has 1 saturated heterocycles. The Kier molecular flexibility index (Phi) is 7.68. The van der Waals surface area contributed by atoms with Crippen LogP contribution in [0.15, 0.2) is 30.3 Å². The lowest BCUT2D eigenvalue weighted by Gasteiger charge is -2.37. The smallest absolute Gasteiger partial charge is 0.237 e. The first-order valence-corrected chi connectivity index (χ1v) is 13.5. The second-order valence-corrected chi connectivity index (χ2v) is 11.2. The van der Waals surface area contributed by atoms with Gasteiger partial charge in [0, 0.05) is 24.2 Å². The van der Waals surface area contributed by atoms with Crippen LogP contribution in [0.4, 0.5) is 14.5 Å². The van der Waals surface area contributed by atoms with E-state index in [1.165, 1.54) is 30.3 Å². The Bertz CT molecular complexity index is 1260. The zero-order chi connectivity index (χ0) is 27.2. The van der Waals surface area contributed by atoms with Gasteiger partial charge in [-0.3, -0.25) is 9.59 Å². The Balaban J connectivity index is 1.67. The molecule has 2 fully saturated rings. The molecule has 5 unspecified atom stereocenters. The maximum atomic E-state index is 14.9. The van der Waals surface area contributed by atoms with Crippen LogP contribution in [0, 0.1) is 17.6 Å². The molecule has 7 nitrogen and oxygen atoms in total. The summed E-state index contributed by atoms with van der Waals surface area (Å²) >= 11 is 12.2. The van der Waals surface area contributed by atoms with Gasteiger partial charge in [0.25, 0.3) is 0 Å². The van der Waals surface area contributed by atoms with Crippen molar-refractivity contribution in [2.45, 2.75) is 61.6 Å². The molecule has 0 aromatic heterocycles. The summed E-state index contributed by atoms with van der Waals surface area (Å²) in [4.78, 5) is 27.7. The standard InChI is InChI=1S/C27H29Cl2F2N3O4/c28-17-9-14(5-6-19(17)30)22-23(25(37)32-8-7-15(36)12-35)34-24(13-3-1-2-4-13)27(22)16-10-20(31)18(29)11-21(16)33-26(27)38/h5-6,9-11,13,15,22-24,34-36H,1-4,7-8,12H2,(H,32,37)(H,33,38). The first-order chi connectivity index (χ1) is 18.2. The van der Waals surface area contributed by atoms with Crippen molar-refractivity contribution in [1.29, 1.82) is 0 Å². The normalized spacial score (nSPS) is 27.5. The minimum atomic E-state index is -1.40. The van der Waals surface area contributed by atoms with E-state index in [9.17, 15) is 23.5 Å². The highest BCUT2D eigenvalue weighted by molar-refractivity contribution is 6.31. The number of nitrogens with one attached hydrogen (secondary N) is 3. The Morgan fingerprint density at radius 3 is 2.53 bits per heavy atom. The number of amides is 2. The molecule has 2 aromatic carbocycles. The number of hydrogen-bond donors (Lipinski definition) is 5. The summed E-state index contributed by atoms with van der Waals surface area (Å²) in [5, 5.41) is 27.6. The van der Waals surface area contributed by atoms with Crippen molar-refractivity contribution in [1.82, 2.24) is 10.6 Å². The minimum absolute atomic E-state index is 0.0258. The zero-order valence-electron chi connectivity index (χ0n) is 20.4. The molecule has 1 spiro atoms. The molecule has 3 aliphatic rings. The van der Waals surface area contributed by atoms with Crippen molar-refractivity contribution in [3.63, 3.8) is 0 Å². The topological polar surface area (TPSA) is 111 Å². The summed E-state index contributed by atoms with van der Waals surface area (Å²) in [5.41, 5.74) is -0.177. The number of fused-ring (bicyclic) bond motifs is 2. The van der Waals surface area contributed by atoms with Gasteiger partial charge >= 0.3 is 0 Å². The van der Waals surface area contributed by atoms with Crippen LogP contribution < -0.4 is 16.0 Å². The summed E-state index contributed by atoms with van der Waals surface area (Å²) < 4.78 is 29.1. The van der Waals surface area contributed by atoms with E-state index in [2.05, 4.69) is 16.0 Å². The molecule has 0 bridgehead atoms. The van der Waals surface area contributed by atoms with Crippen molar-refractivity contribution in [2.24, 2.45) is 5.92 Å². The van der Waals surface area contributed by atoms with E-state index in [0.717, 1.165) is 25.7 Å². The van der Waals surface area contributed by atoms with Crippen LogP contribution in [0.5, 0.6) is 0 Å². The minimum Gasteiger partial charge on any atom is -0.394 e. The fourth-order valence-corrected chi connectivity index (χ4v) is 6.94. The van der Waals surface area contributed by atoms with E-state index < -0.39 is 59.6 Å². The number of carbonyl (C=O) groups excluding carboxylic acids is 2. The van der Waals surface area contributed by atoms with E-state index >= 15 is 0 Å². The summed E-state index contributed by atoms with van der Waals surface area (Å²) in [7, 11) is 0. The fraction of sp³-hybridized carbons (Fsp3) is 0.481. The molecule has 38 heavy (non-hydrogen) atoms. The number of anilines is 1. The molecule has 2 aromatic rings. The molecule has 0 radical (unpaired) electrons. The first-order valence-electron chi connectivity index (χ1n) is 12.8. The highest BCUT2D eigenvalue weighted by Gasteiger charge is 2.67. The fourth-order valence-electron chi connectivity index (χ4n) is 6.59. The van der Waals surface area contributed by atoms with E-state index in [4.69, 9.17) is 28.3 Å². The average molecular weight is 568 g/mol. The molecule has 204 valence electrons. The number of aliphatic hydroxyl groups excluding tert-OH is 2. The van der Waals surface area contributed by atoms with E-state index in [0.29, 0.717) is 16.8 Å². The average Bonchev–Trinajstić information content (AvgIpc) is 3.60. The molecule has 1 aliphatic carbocycles. The van der Waals surface area contributed by atoms with Crippen molar-refractivity contribution in [3.8, 4) is 0 Å². The van der Waals surface area contributed by atoms with Crippen molar-refractivity contribution in [3.05, 3.63) is 63.1 Å². The second kappa shape index (κ2) is 10.7. The lowest BCUT2D eigenvalue weighted by molar-refractivity contribution is -0.124. The summed E-state index contributed by atoms with van der Waals surface area (Å²) in [5.74, 6) is -3.00. The van der Waals surface area contributed by atoms with Gasteiger partial charge < -0.3 is 26.2 Å². The molecule has 2 amide bonds. The van der Waals surface area contributed by atoms with Crippen LogP contribution in [0.25, 0.3) is 0 Å². The van der Waals surface area contributed by atoms with E-state index in [-0.39, 0.29) is 28.9 Å². The maximum absolute atomic E-state index is 14.9. The third-order valence-electron chi connectivity index (χ3n) is 8.25. The van der Waals surface area contributed by atoms with E-state index in [1.807, 2.05) is 0 Å². The largest absolute Gasteiger partial charge is 0.394 e. The quantitative estimate of drug-likeness (QED) is 0.351. The molecule has 2 aliphatic heterocycles. The van der Waals surface area contributed by atoms with Crippen LogP contribution in [0.3, 0.4) is 0 Å². The van der Waals surface area contributed by atoms with Gasteiger partial charge in [-0.2, -0.15) is 0 Å². The van der Waals surface area contributed by atoms with Gasteiger partial charge in [-0.15, -0.1) is 0 Å². The van der Waals surface area contributed by atoms with Gasteiger partial charge in [0.1, 0.15) is 17.0 Å². The zero-order valence-corrected chi connectivity index (χ0v) is 22.0. The predicted octanol–water partition coefficient (Wildman–Crippen LogP) is 3.64. The van der Waals surface area contributed by atoms with Crippen LogP contribution >= 0.6 is 23.2 Å². The third-order valence-corrected chi connectivity index (χ3v) is 8.83. The summed E-state index contributed by atoms with van der Waals surface area (Å²) in [6, 6.07) is 5.26. The first kappa shape index (κ1) is 27.3. The van der Waals surface area contributed by atoms with Crippen LogP contribution in [0.2, 0.25) is 10.0 Å². The van der Waals surface area contributed by atoms with Gasteiger partial charge in [0.15, 0.2) is 0 Å². The highest BCUT2D eigenvalue weighted by Crippen LogP contribution is 2.58. The Hall–Kier alpha value is -2.30. The Labute approximate surface area is 228 Å². The third kappa shape index (κ3) is 4.48. The molecular weight excluding hydrogens is 539 g/mol. The van der Waals surface area contributed by atoms with Gasteiger partial charge in [0.2, 0.25) is 11.8 Å². The van der Waals surface area contributed by atoms with Gasteiger partial charge in [-0.05, 0) is 60.6 Å². The molecule has 5 atom stereocenters. The van der Waals surface area contributed by atoms with Crippen molar-refractivity contribution < 1.29 is 28.6 Å². The summed E-state index contributed by atoms with van der Waals surface area (Å²) in [6.07, 6.45) is 2.72. The van der Waals surface area contributed by atoms with Gasteiger partial charge in [0.05, 0.1) is 28.8 Å². The lowest BCUT2D eigenvalue weighted by atomic mass is 9.62. The SMILES string of the molecule is O=C(NCCC(O)CO)C1NC(C2CCCC2)C2(C(=O)Nc3cc(Cl)c(F)cc32)C1c1ccc(F)c(Cl)c1. The predicted molar refractivity (Wildman–Crippen MR) is 139 cm³/mol. The van der Waals surface area contributed by atoms with Gasteiger partial charge in [-0.1, -0.05) is 42.1 Å². The highest BCUT2D eigenvalue weighted by atomic mass is 35.5. The lowest BCUT2D eigenvalue weighted by Crippen LogP contribution is -2.51.